The van der Waals surface area contributed by atoms with Gasteiger partial charge in [-0.1, -0.05) is 53.7 Å². The van der Waals surface area contributed by atoms with Gasteiger partial charge in [0.05, 0.1) is 21.3 Å². The lowest BCUT2D eigenvalue weighted by atomic mass is 9.76. The van der Waals surface area contributed by atoms with Crippen LogP contribution in [0.25, 0.3) is 0 Å². The van der Waals surface area contributed by atoms with E-state index in [4.69, 9.17) is 23.2 Å². The van der Waals surface area contributed by atoms with Gasteiger partial charge in [-0.25, -0.2) is 0 Å². The maximum Gasteiger partial charge on any atom is 0.416 e. The SMILES string of the molecule is C=C1N(c2cc(C(F)(F)F)ccc2Cl)CCC12CCN(S(=C)(=C)c1ccccc1Cl)CC2. The summed E-state index contributed by atoms with van der Waals surface area (Å²) in [5.74, 6) is 8.84. The maximum absolute atomic E-state index is 13.2. The number of rotatable bonds is 3. The van der Waals surface area contributed by atoms with Gasteiger partial charge >= 0.3 is 6.18 Å². The molecule has 2 aromatic carbocycles. The molecule has 2 fully saturated rings. The minimum atomic E-state index is -4.42. The number of piperidine rings is 1. The van der Waals surface area contributed by atoms with Crippen molar-refractivity contribution in [1.82, 2.24) is 4.31 Å². The average Bonchev–Trinajstić information content (AvgIpc) is 3.04. The van der Waals surface area contributed by atoms with Gasteiger partial charge in [0.1, 0.15) is 0 Å². The van der Waals surface area contributed by atoms with Crippen LogP contribution in [0.4, 0.5) is 18.9 Å². The molecule has 0 unspecified atom stereocenters. The Bertz CT molecular complexity index is 1150. The van der Waals surface area contributed by atoms with Crippen LogP contribution in [0, 0.1) is 5.41 Å². The summed E-state index contributed by atoms with van der Waals surface area (Å²) in [6, 6.07) is 11.1. The van der Waals surface area contributed by atoms with Crippen molar-refractivity contribution in [3.05, 3.63) is 70.3 Å². The largest absolute Gasteiger partial charge is 0.416 e. The minimum Gasteiger partial charge on any atom is -0.344 e. The van der Waals surface area contributed by atoms with E-state index in [1.807, 2.05) is 29.2 Å². The molecule has 2 nitrogen and oxygen atoms in total. The predicted octanol–water partition coefficient (Wildman–Crippen LogP) is 7.46. The lowest BCUT2D eigenvalue weighted by molar-refractivity contribution is -0.137. The Morgan fingerprint density at radius 1 is 0.906 bits per heavy atom. The molecule has 32 heavy (non-hydrogen) atoms. The van der Waals surface area contributed by atoms with Gasteiger partial charge in [-0.3, -0.25) is 4.31 Å². The maximum atomic E-state index is 13.2. The Balaban J connectivity index is 1.54. The van der Waals surface area contributed by atoms with Crippen LogP contribution in [0.5, 0.6) is 0 Å². The van der Waals surface area contributed by atoms with E-state index in [9.17, 15) is 13.2 Å². The van der Waals surface area contributed by atoms with E-state index in [0.717, 1.165) is 55.1 Å². The standard InChI is InChI=1S/C24H25Cl2F3N2S/c1-17-23(12-15-31(17)21-16-18(24(27,28)29)8-9-19(21)25)10-13-30(14-11-23)32(2,3)22-7-5-4-6-20(22)26/h4-9,16H,1-3,10-15H2. The van der Waals surface area contributed by atoms with Crippen LogP contribution in [0.2, 0.25) is 10.0 Å². The molecule has 0 atom stereocenters. The molecule has 2 heterocycles. The van der Waals surface area contributed by atoms with Crippen molar-refractivity contribution in [2.45, 2.75) is 30.3 Å². The highest BCUT2D eigenvalue weighted by atomic mass is 35.5. The summed E-state index contributed by atoms with van der Waals surface area (Å²) in [4.78, 5) is 2.82. The van der Waals surface area contributed by atoms with Crippen molar-refractivity contribution < 1.29 is 13.2 Å². The summed E-state index contributed by atoms with van der Waals surface area (Å²) >= 11 is 12.7. The quantitative estimate of drug-likeness (QED) is 0.403. The molecule has 172 valence electrons. The second kappa shape index (κ2) is 8.32. The molecule has 0 amide bonds. The molecule has 2 aliphatic rings. The first kappa shape index (κ1) is 23.6. The van der Waals surface area contributed by atoms with Gasteiger partial charge in [0, 0.05) is 35.6 Å². The molecular formula is C24H25Cl2F3N2S. The van der Waals surface area contributed by atoms with Crippen molar-refractivity contribution in [1.29, 1.82) is 0 Å². The van der Waals surface area contributed by atoms with Crippen molar-refractivity contribution in [2.24, 2.45) is 5.41 Å². The zero-order valence-corrected chi connectivity index (χ0v) is 19.9. The second-order valence-electron chi connectivity index (χ2n) is 8.49. The molecule has 0 bridgehead atoms. The minimum absolute atomic E-state index is 0.163. The highest BCUT2D eigenvalue weighted by molar-refractivity contribution is 8.25. The van der Waals surface area contributed by atoms with Crippen molar-refractivity contribution in [3.8, 4) is 0 Å². The molecular weight excluding hydrogens is 476 g/mol. The number of halogens is 5. The van der Waals surface area contributed by atoms with Crippen molar-refractivity contribution in [2.75, 3.05) is 24.5 Å². The van der Waals surface area contributed by atoms with Crippen LogP contribution >= 0.6 is 32.6 Å². The summed E-state index contributed by atoms with van der Waals surface area (Å²) in [7, 11) is -1.74. The fourth-order valence-electron chi connectivity index (χ4n) is 4.75. The van der Waals surface area contributed by atoms with E-state index >= 15 is 0 Å². The molecule has 4 rings (SSSR count). The molecule has 0 saturated carbocycles. The zero-order chi connectivity index (χ0) is 23.3. The Hall–Kier alpha value is -1.60. The third-order valence-electron chi connectivity index (χ3n) is 6.74. The van der Waals surface area contributed by atoms with Gasteiger partial charge in [-0.2, -0.15) is 13.2 Å². The molecule has 0 N–H and O–H groups in total. The van der Waals surface area contributed by atoms with Crippen LogP contribution in [-0.2, 0) is 6.18 Å². The number of alkyl halides is 3. The van der Waals surface area contributed by atoms with Crippen LogP contribution in [0.15, 0.2) is 59.6 Å². The Labute approximate surface area is 197 Å². The topological polar surface area (TPSA) is 6.48 Å². The van der Waals surface area contributed by atoms with E-state index in [-0.39, 0.29) is 5.41 Å². The number of nitrogens with zero attached hydrogens (tertiary/aromatic N) is 2. The van der Waals surface area contributed by atoms with Gasteiger partial charge in [-0.05, 0) is 49.6 Å². The summed E-state index contributed by atoms with van der Waals surface area (Å²) in [5, 5.41) is 0.967. The normalized spacial score (nSPS) is 19.7. The molecule has 0 aliphatic carbocycles. The first-order chi connectivity index (χ1) is 15.0. The average molecular weight is 501 g/mol. The highest BCUT2D eigenvalue weighted by Gasteiger charge is 2.45. The number of hydrogen-bond acceptors (Lipinski definition) is 2. The molecule has 2 saturated heterocycles. The number of hydrogen-bond donors (Lipinski definition) is 0. The lowest BCUT2D eigenvalue weighted by Gasteiger charge is -2.43. The van der Waals surface area contributed by atoms with E-state index in [1.165, 1.54) is 6.07 Å². The molecule has 1 spiro atoms. The van der Waals surface area contributed by atoms with Crippen molar-refractivity contribution in [3.63, 3.8) is 0 Å². The third-order valence-corrected chi connectivity index (χ3v) is 10.0. The Kier molecular flexibility index (Phi) is 6.12. The first-order valence-electron chi connectivity index (χ1n) is 10.3. The number of benzene rings is 2. The highest BCUT2D eigenvalue weighted by Crippen LogP contribution is 2.53. The molecule has 0 aromatic heterocycles. The first-order valence-corrected chi connectivity index (χ1v) is 13.0. The van der Waals surface area contributed by atoms with E-state index in [1.54, 1.807) is 0 Å². The smallest absolute Gasteiger partial charge is 0.344 e. The van der Waals surface area contributed by atoms with Crippen molar-refractivity contribution >= 4 is 50.0 Å². The van der Waals surface area contributed by atoms with Crippen LogP contribution in [-0.4, -0.2) is 35.7 Å². The van der Waals surface area contributed by atoms with Gasteiger partial charge in [0.15, 0.2) is 0 Å². The Morgan fingerprint density at radius 3 is 2.16 bits per heavy atom. The Morgan fingerprint density at radius 2 is 1.53 bits per heavy atom. The van der Waals surface area contributed by atoms with E-state index in [2.05, 4.69) is 22.6 Å². The van der Waals surface area contributed by atoms with Crippen LogP contribution in [0.3, 0.4) is 0 Å². The van der Waals surface area contributed by atoms with Gasteiger partial charge in [0.25, 0.3) is 0 Å². The molecule has 0 radical (unpaired) electrons. The van der Waals surface area contributed by atoms with Gasteiger partial charge in [0.2, 0.25) is 0 Å². The lowest BCUT2D eigenvalue weighted by Crippen LogP contribution is -2.38. The van der Waals surface area contributed by atoms with Gasteiger partial charge in [-0.15, -0.1) is 9.39 Å². The van der Waals surface area contributed by atoms with Crippen LogP contribution in [0.1, 0.15) is 24.8 Å². The van der Waals surface area contributed by atoms with E-state index in [0.29, 0.717) is 22.3 Å². The zero-order valence-electron chi connectivity index (χ0n) is 17.6. The number of allylic oxidation sites excluding steroid dienone is 1. The third kappa shape index (κ3) is 4.07. The summed E-state index contributed by atoms with van der Waals surface area (Å²) < 4.78 is 42.0. The summed E-state index contributed by atoms with van der Waals surface area (Å²) in [6.45, 7) is 6.45. The fourth-order valence-corrected chi connectivity index (χ4v) is 7.46. The summed E-state index contributed by atoms with van der Waals surface area (Å²) in [5.41, 5.74) is 0.341. The predicted molar refractivity (Wildman–Crippen MR) is 132 cm³/mol. The van der Waals surface area contributed by atoms with E-state index < -0.39 is 21.1 Å². The monoisotopic (exact) mass is 500 g/mol. The second-order valence-corrected chi connectivity index (χ2v) is 11.9. The van der Waals surface area contributed by atoms with Gasteiger partial charge < -0.3 is 4.90 Å². The van der Waals surface area contributed by atoms with Crippen LogP contribution < -0.4 is 4.90 Å². The summed E-state index contributed by atoms with van der Waals surface area (Å²) in [6.07, 6.45) is -1.92. The molecule has 2 aliphatic heterocycles. The molecule has 8 heteroatoms. The fraction of sp³-hybridized carbons (Fsp3) is 0.333. The number of anilines is 1. The molecule has 2 aromatic rings.